The topological polar surface area (TPSA) is 99.7 Å². The first-order valence-corrected chi connectivity index (χ1v) is 7.39. The van der Waals surface area contributed by atoms with E-state index in [0.717, 1.165) is 6.07 Å². The summed E-state index contributed by atoms with van der Waals surface area (Å²) >= 11 is 0. The van der Waals surface area contributed by atoms with Gasteiger partial charge in [-0.25, -0.2) is 4.39 Å². The maximum atomic E-state index is 13.3. The molecule has 0 saturated carbocycles. The SMILES string of the molecule is O=C(O)CC1CN(C(=O)c2cc(=O)[nH]c3cc(F)ccc23)CCO1. The molecule has 1 aliphatic rings. The highest BCUT2D eigenvalue weighted by Gasteiger charge is 2.27. The van der Waals surface area contributed by atoms with Crippen LogP contribution in [0, 0.1) is 5.82 Å². The Morgan fingerprint density at radius 1 is 1.38 bits per heavy atom. The van der Waals surface area contributed by atoms with Crippen LogP contribution < -0.4 is 5.56 Å². The Bertz CT molecular complexity index is 863. The number of H-pyrrole nitrogens is 1. The average molecular weight is 334 g/mol. The third-order valence-electron chi connectivity index (χ3n) is 3.86. The van der Waals surface area contributed by atoms with E-state index in [9.17, 15) is 18.8 Å². The van der Waals surface area contributed by atoms with Crippen LogP contribution in [0.25, 0.3) is 10.9 Å². The minimum absolute atomic E-state index is 0.126. The Morgan fingerprint density at radius 2 is 2.17 bits per heavy atom. The molecule has 1 amide bonds. The fourth-order valence-corrected chi connectivity index (χ4v) is 2.80. The van der Waals surface area contributed by atoms with Crippen molar-refractivity contribution >= 4 is 22.8 Å². The maximum Gasteiger partial charge on any atom is 0.306 e. The lowest BCUT2D eigenvalue weighted by molar-refractivity contribution is -0.141. The fourth-order valence-electron chi connectivity index (χ4n) is 2.80. The first-order valence-electron chi connectivity index (χ1n) is 7.39. The summed E-state index contributed by atoms with van der Waals surface area (Å²) in [6, 6.07) is 4.97. The zero-order valence-electron chi connectivity index (χ0n) is 12.6. The molecule has 1 unspecified atom stereocenters. The Morgan fingerprint density at radius 3 is 2.92 bits per heavy atom. The normalized spacial score (nSPS) is 17.9. The molecule has 126 valence electrons. The van der Waals surface area contributed by atoms with Crippen molar-refractivity contribution in [1.29, 1.82) is 0 Å². The Kier molecular flexibility index (Phi) is 4.30. The third kappa shape index (κ3) is 3.28. The highest BCUT2D eigenvalue weighted by molar-refractivity contribution is 6.06. The molecule has 1 aromatic heterocycles. The summed E-state index contributed by atoms with van der Waals surface area (Å²) in [5.74, 6) is -1.93. The Balaban J connectivity index is 1.93. The summed E-state index contributed by atoms with van der Waals surface area (Å²) < 4.78 is 18.7. The molecule has 24 heavy (non-hydrogen) atoms. The number of carbonyl (C=O) groups excluding carboxylic acids is 1. The number of aromatic amines is 1. The Hall–Kier alpha value is -2.74. The van der Waals surface area contributed by atoms with Crippen molar-refractivity contribution < 1.29 is 23.8 Å². The molecule has 1 saturated heterocycles. The molecule has 7 nitrogen and oxygen atoms in total. The number of ether oxygens (including phenoxy) is 1. The number of carboxylic acid groups (broad SMARTS) is 1. The third-order valence-corrected chi connectivity index (χ3v) is 3.86. The standard InChI is InChI=1S/C16H15FN2O5/c17-9-1-2-11-12(7-14(20)18-13(11)5-9)16(23)19-3-4-24-10(8-19)6-15(21)22/h1-2,5,7,10H,3-4,6,8H2,(H,18,20)(H,21,22). The van der Waals surface area contributed by atoms with Crippen LogP contribution in [0.15, 0.2) is 29.1 Å². The van der Waals surface area contributed by atoms with Crippen LogP contribution in [0.2, 0.25) is 0 Å². The molecule has 1 aliphatic heterocycles. The van der Waals surface area contributed by atoms with E-state index in [1.807, 2.05) is 0 Å². The molecule has 0 radical (unpaired) electrons. The van der Waals surface area contributed by atoms with Gasteiger partial charge in [0.2, 0.25) is 5.56 Å². The number of rotatable bonds is 3. The van der Waals surface area contributed by atoms with Crippen molar-refractivity contribution in [3.05, 3.63) is 46.0 Å². The number of hydrogen-bond acceptors (Lipinski definition) is 4. The highest BCUT2D eigenvalue weighted by Crippen LogP contribution is 2.20. The van der Waals surface area contributed by atoms with E-state index in [4.69, 9.17) is 9.84 Å². The van der Waals surface area contributed by atoms with Crippen LogP contribution in [0.4, 0.5) is 4.39 Å². The molecule has 2 N–H and O–H groups in total. The first kappa shape index (κ1) is 16.1. The van der Waals surface area contributed by atoms with Crippen molar-refractivity contribution in [2.45, 2.75) is 12.5 Å². The molecule has 0 bridgehead atoms. The van der Waals surface area contributed by atoms with Gasteiger partial charge in [0.15, 0.2) is 0 Å². The van der Waals surface area contributed by atoms with Crippen LogP contribution in [0.1, 0.15) is 16.8 Å². The number of aliphatic carboxylic acids is 1. The average Bonchev–Trinajstić information content (AvgIpc) is 2.52. The van der Waals surface area contributed by atoms with E-state index in [1.165, 1.54) is 23.1 Å². The van der Waals surface area contributed by atoms with E-state index in [1.54, 1.807) is 0 Å². The molecule has 0 aliphatic carbocycles. The second-order valence-corrected chi connectivity index (χ2v) is 5.58. The molecule has 1 aromatic carbocycles. The largest absolute Gasteiger partial charge is 0.481 e. The number of halogens is 1. The van der Waals surface area contributed by atoms with Gasteiger partial charge in [-0.15, -0.1) is 0 Å². The molecule has 1 fully saturated rings. The number of morpholine rings is 1. The number of hydrogen-bond donors (Lipinski definition) is 2. The summed E-state index contributed by atoms with van der Waals surface area (Å²) in [5.41, 5.74) is -0.113. The smallest absolute Gasteiger partial charge is 0.306 e. The van der Waals surface area contributed by atoms with Crippen molar-refractivity contribution in [1.82, 2.24) is 9.88 Å². The zero-order valence-corrected chi connectivity index (χ0v) is 12.6. The summed E-state index contributed by atoms with van der Waals surface area (Å²) in [5, 5.41) is 9.28. The van der Waals surface area contributed by atoms with E-state index in [2.05, 4.69) is 4.98 Å². The van der Waals surface area contributed by atoms with Gasteiger partial charge in [0, 0.05) is 24.5 Å². The van der Waals surface area contributed by atoms with Crippen molar-refractivity contribution in [3.63, 3.8) is 0 Å². The van der Waals surface area contributed by atoms with Gasteiger partial charge in [0.05, 0.1) is 30.2 Å². The second-order valence-electron chi connectivity index (χ2n) is 5.58. The number of amides is 1. The molecule has 1 atom stereocenters. The molecular weight excluding hydrogens is 319 g/mol. The van der Waals surface area contributed by atoms with Crippen LogP contribution in [0.3, 0.4) is 0 Å². The summed E-state index contributed by atoms with van der Waals surface area (Å²) in [6.07, 6.45) is -0.795. The number of pyridine rings is 1. The van der Waals surface area contributed by atoms with Crippen LogP contribution in [-0.4, -0.2) is 52.7 Å². The van der Waals surface area contributed by atoms with Gasteiger partial charge < -0.3 is 19.7 Å². The van der Waals surface area contributed by atoms with Gasteiger partial charge in [-0.1, -0.05) is 0 Å². The van der Waals surface area contributed by atoms with Gasteiger partial charge in [-0.3, -0.25) is 14.4 Å². The van der Waals surface area contributed by atoms with Crippen LogP contribution in [0.5, 0.6) is 0 Å². The van der Waals surface area contributed by atoms with E-state index in [0.29, 0.717) is 11.9 Å². The number of nitrogens with zero attached hydrogens (tertiary/aromatic N) is 1. The molecule has 2 heterocycles. The molecular formula is C16H15FN2O5. The summed E-state index contributed by atoms with van der Waals surface area (Å²) in [4.78, 5) is 39.3. The molecule has 8 heteroatoms. The predicted molar refractivity (Wildman–Crippen MR) is 82.4 cm³/mol. The van der Waals surface area contributed by atoms with E-state index >= 15 is 0 Å². The first-order chi connectivity index (χ1) is 11.4. The Labute approximate surface area is 135 Å². The van der Waals surface area contributed by atoms with Gasteiger partial charge in [0.25, 0.3) is 5.91 Å². The van der Waals surface area contributed by atoms with Gasteiger partial charge in [-0.05, 0) is 18.2 Å². The lowest BCUT2D eigenvalue weighted by Crippen LogP contribution is -2.46. The van der Waals surface area contributed by atoms with Gasteiger partial charge >= 0.3 is 5.97 Å². The van der Waals surface area contributed by atoms with Crippen LogP contribution >= 0.6 is 0 Å². The lowest BCUT2D eigenvalue weighted by atomic mass is 10.1. The number of benzene rings is 1. The number of fused-ring (bicyclic) bond motifs is 1. The molecule has 2 aromatic rings. The van der Waals surface area contributed by atoms with E-state index < -0.39 is 29.4 Å². The molecule has 3 rings (SSSR count). The number of carbonyl (C=O) groups is 2. The minimum atomic E-state index is -1.01. The summed E-state index contributed by atoms with van der Waals surface area (Å²) in [6.45, 7) is 0.643. The zero-order chi connectivity index (χ0) is 17.3. The van der Waals surface area contributed by atoms with Gasteiger partial charge in [0.1, 0.15) is 5.82 Å². The maximum absolute atomic E-state index is 13.3. The van der Waals surface area contributed by atoms with Crippen molar-refractivity contribution in [2.75, 3.05) is 19.7 Å². The minimum Gasteiger partial charge on any atom is -0.481 e. The van der Waals surface area contributed by atoms with Crippen molar-refractivity contribution in [3.8, 4) is 0 Å². The predicted octanol–water partition coefficient (Wildman–Crippen LogP) is 0.983. The second kappa shape index (κ2) is 6.40. The van der Waals surface area contributed by atoms with Crippen molar-refractivity contribution in [2.24, 2.45) is 0 Å². The summed E-state index contributed by atoms with van der Waals surface area (Å²) in [7, 11) is 0. The number of carboxylic acids is 1. The molecule has 0 spiro atoms. The fraction of sp³-hybridized carbons (Fsp3) is 0.312. The van der Waals surface area contributed by atoms with Gasteiger partial charge in [-0.2, -0.15) is 0 Å². The van der Waals surface area contributed by atoms with Crippen LogP contribution in [-0.2, 0) is 9.53 Å². The van der Waals surface area contributed by atoms with E-state index in [-0.39, 0.29) is 30.7 Å². The quantitative estimate of drug-likeness (QED) is 0.872. The highest BCUT2D eigenvalue weighted by atomic mass is 19.1. The number of aromatic nitrogens is 1. The number of nitrogens with one attached hydrogen (secondary N) is 1. The monoisotopic (exact) mass is 334 g/mol. The lowest BCUT2D eigenvalue weighted by Gasteiger charge is -2.32.